The third kappa shape index (κ3) is 3.65. The Kier molecular flexibility index (Phi) is 4.91. The Balaban J connectivity index is 1.52. The first-order valence-corrected chi connectivity index (χ1v) is 10.5. The summed E-state index contributed by atoms with van der Waals surface area (Å²) in [6, 6.07) is 8.85. The van der Waals surface area contributed by atoms with Crippen LogP contribution in [0, 0.1) is 19.7 Å². The smallest absolute Gasteiger partial charge is 0.224 e. The largest absolute Gasteiger partial charge is 0.364 e. The Bertz CT molecular complexity index is 921. The molecule has 0 aliphatic carbocycles. The van der Waals surface area contributed by atoms with Crippen LogP contribution in [0.4, 0.5) is 10.1 Å². The second-order valence-corrected chi connectivity index (χ2v) is 9.33. The highest BCUT2D eigenvalue weighted by molar-refractivity contribution is 5.78. The van der Waals surface area contributed by atoms with Gasteiger partial charge in [-0.15, -0.1) is 0 Å². The van der Waals surface area contributed by atoms with Gasteiger partial charge < -0.3 is 9.80 Å². The maximum absolute atomic E-state index is 13.8. The van der Waals surface area contributed by atoms with Gasteiger partial charge in [0, 0.05) is 43.0 Å². The van der Waals surface area contributed by atoms with Crippen molar-refractivity contribution in [2.75, 3.05) is 18.0 Å². The number of halogens is 1. The van der Waals surface area contributed by atoms with Gasteiger partial charge in [0.25, 0.3) is 0 Å². The molecule has 1 atom stereocenters. The number of likely N-dealkylation sites (tertiary alicyclic amines) is 1. The van der Waals surface area contributed by atoms with E-state index in [0.717, 1.165) is 49.4 Å². The molecule has 5 nitrogen and oxygen atoms in total. The van der Waals surface area contributed by atoms with Crippen LogP contribution in [0.1, 0.15) is 50.9 Å². The van der Waals surface area contributed by atoms with Gasteiger partial charge in [0.1, 0.15) is 5.82 Å². The van der Waals surface area contributed by atoms with Crippen molar-refractivity contribution >= 4 is 11.6 Å². The normalized spacial score (nSPS) is 23.3. The van der Waals surface area contributed by atoms with Crippen molar-refractivity contribution in [3.8, 4) is 0 Å². The summed E-state index contributed by atoms with van der Waals surface area (Å²) in [5.74, 6) is -0.0181. The molecule has 0 radical (unpaired) electrons. The van der Waals surface area contributed by atoms with E-state index in [9.17, 15) is 9.18 Å². The molecule has 0 N–H and O–H groups in total. The molecule has 2 aromatic rings. The molecule has 2 saturated heterocycles. The summed E-state index contributed by atoms with van der Waals surface area (Å²) in [5, 5.41) is 4.48. The predicted octanol–water partition coefficient (Wildman–Crippen LogP) is 4.08. The van der Waals surface area contributed by atoms with Crippen LogP contribution in [0.5, 0.6) is 0 Å². The first-order valence-electron chi connectivity index (χ1n) is 10.5. The second kappa shape index (κ2) is 7.15. The van der Waals surface area contributed by atoms with Gasteiger partial charge >= 0.3 is 0 Å². The maximum atomic E-state index is 13.8. The Hall–Kier alpha value is -2.37. The highest BCUT2D eigenvalue weighted by atomic mass is 19.1. The van der Waals surface area contributed by atoms with Crippen molar-refractivity contribution in [3.63, 3.8) is 0 Å². The Morgan fingerprint density at radius 1 is 1.24 bits per heavy atom. The van der Waals surface area contributed by atoms with Gasteiger partial charge in [-0.3, -0.25) is 9.48 Å². The number of hydrogen-bond donors (Lipinski definition) is 0. The number of aryl methyl sites for hydroxylation is 3. The summed E-state index contributed by atoms with van der Waals surface area (Å²) in [5.41, 5.74) is 2.67. The lowest BCUT2D eigenvalue weighted by Gasteiger charge is -2.35. The molecule has 2 fully saturated rings. The third-order valence-electron chi connectivity index (χ3n) is 6.60. The molecule has 4 rings (SSSR count). The van der Waals surface area contributed by atoms with E-state index in [2.05, 4.69) is 28.7 Å². The Morgan fingerprint density at radius 3 is 2.72 bits per heavy atom. The van der Waals surface area contributed by atoms with Crippen LogP contribution >= 0.6 is 0 Å². The molecule has 1 amide bonds. The fourth-order valence-electron chi connectivity index (χ4n) is 5.46. The second-order valence-electron chi connectivity index (χ2n) is 9.33. The number of carbonyl (C=O) groups is 1. The van der Waals surface area contributed by atoms with Crippen molar-refractivity contribution in [2.45, 2.75) is 71.0 Å². The molecule has 1 unspecified atom stereocenters. The average molecular weight is 399 g/mol. The molecule has 1 spiro atoms. The summed E-state index contributed by atoms with van der Waals surface area (Å²) in [6.45, 7) is 10.6. The molecule has 156 valence electrons. The van der Waals surface area contributed by atoms with Crippen molar-refractivity contribution in [1.82, 2.24) is 14.7 Å². The van der Waals surface area contributed by atoms with E-state index in [0.29, 0.717) is 13.0 Å². The van der Waals surface area contributed by atoms with Crippen LogP contribution in [-0.2, 0) is 11.3 Å². The van der Waals surface area contributed by atoms with Gasteiger partial charge in [-0.25, -0.2) is 4.39 Å². The maximum Gasteiger partial charge on any atom is 0.224 e. The van der Waals surface area contributed by atoms with Gasteiger partial charge in [-0.2, -0.15) is 5.10 Å². The first kappa shape index (κ1) is 19.9. The highest BCUT2D eigenvalue weighted by Crippen LogP contribution is 2.47. The van der Waals surface area contributed by atoms with Gasteiger partial charge in [0.15, 0.2) is 0 Å². The summed E-state index contributed by atoms with van der Waals surface area (Å²) >= 11 is 0. The van der Waals surface area contributed by atoms with Crippen LogP contribution in [0.25, 0.3) is 0 Å². The lowest BCUT2D eigenvalue weighted by Crippen LogP contribution is -2.49. The standard InChI is InChI=1S/C23H31FN4O/c1-17-13-18(2)28(25-17)12-9-21(29)26-11-6-10-23(26)15-22(3,4)27(16-23)20-8-5-7-19(24)14-20/h5,7-8,13-14H,6,9-12,15-16H2,1-4H3. The minimum absolute atomic E-state index is 0.133. The first-order chi connectivity index (χ1) is 13.7. The van der Waals surface area contributed by atoms with Crippen LogP contribution in [-0.4, -0.2) is 44.8 Å². The van der Waals surface area contributed by atoms with Crippen LogP contribution in [0.15, 0.2) is 30.3 Å². The number of benzene rings is 1. The van der Waals surface area contributed by atoms with Crippen LogP contribution < -0.4 is 4.90 Å². The zero-order valence-electron chi connectivity index (χ0n) is 17.9. The highest BCUT2D eigenvalue weighted by Gasteiger charge is 2.54. The van der Waals surface area contributed by atoms with E-state index in [4.69, 9.17) is 0 Å². The summed E-state index contributed by atoms with van der Waals surface area (Å²) in [4.78, 5) is 17.6. The number of carbonyl (C=O) groups excluding carboxylic acids is 1. The number of hydrogen-bond acceptors (Lipinski definition) is 3. The molecule has 0 saturated carbocycles. The van der Waals surface area contributed by atoms with Gasteiger partial charge in [0.2, 0.25) is 5.91 Å². The quantitative estimate of drug-likeness (QED) is 0.779. The molecule has 3 heterocycles. The van der Waals surface area contributed by atoms with Crippen molar-refractivity contribution < 1.29 is 9.18 Å². The van der Waals surface area contributed by atoms with E-state index in [1.807, 2.05) is 30.7 Å². The zero-order chi connectivity index (χ0) is 20.8. The van der Waals surface area contributed by atoms with E-state index in [1.54, 1.807) is 12.1 Å². The van der Waals surface area contributed by atoms with Gasteiger partial charge in [-0.1, -0.05) is 6.07 Å². The topological polar surface area (TPSA) is 41.4 Å². The SMILES string of the molecule is Cc1cc(C)n(CCC(=O)N2CCCC23CN(c2cccc(F)c2)C(C)(C)C3)n1. The summed E-state index contributed by atoms with van der Waals surface area (Å²) < 4.78 is 15.8. The summed E-state index contributed by atoms with van der Waals surface area (Å²) in [7, 11) is 0. The number of rotatable bonds is 4. The molecule has 1 aromatic carbocycles. The number of nitrogens with zero attached hydrogens (tertiary/aromatic N) is 4. The fraction of sp³-hybridized carbons (Fsp3) is 0.565. The predicted molar refractivity (Wildman–Crippen MR) is 112 cm³/mol. The van der Waals surface area contributed by atoms with E-state index >= 15 is 0 Å². The zero-order valence-corrected chi connectivity index (χ0v) is 17.9. The molecule has 2 aliphatic heterocycles. The molecule has 6 heteroatoms. The molecular weight excluding hydrogens is 367 g/mol. The van der Waals surface area contributed by atoms with Crippen LogP contribution in [0.2, 0.25) is 0 Å². The molecule has 2 aliphatic rings. The average Bonchev–Trinajstić information content (AvgIpc) is 3.28. The number of amides is 1. The van der Waals surface area contributed by atoms with Gasteiger partial charge in [-0.05, 0) is 71.2 Å². The van der Waals surface area contributed by atoms with E-state index < -0.39 is 0 Å². The van der Waals surface area contributed by atoms with Crippen molar-refractivity contribution in [3.05, 3.63) is 47.5 Å². The molecule has 1 aromatic heterocycles. The molecule has 0 bridgehead atoms. The lowest BCUT2D eigenvalue weighted by molar-refractivity contribution is -0.135. The van der Waals surface area contributed by atoms with Crippen molar-refractivity contribution in [2.24, 2.45) is 0 Å². The Labute approximate surface area is 172 Å². The lowest BCUT2D eigenvalue weighted by atomic mass is 9.87. The fourth-order valence-corrected chi connectivity index (χ4v) is 5.46. The van der Waals surface area contributed by atoms with Crippen LogP contribution in [0.3, 0.4) is 0 Å². The minimum Gasteiger partial charge on any atom is -0.364 e. The summed E-state index contributed by atoms with van der Waals surface area (Å²) in [6.07, 6.45) is 3.40. The molecule has 29 heavy (non-hydrogen) atoms. The monoisotopic (exact) mass is 398 g/mol. The number of aromatic nitrogens is 2. The molecular formula is C23H31FN4O. The van der Waals surface area contributed by atoms with Crippen molar-refractivity contribution in [1.29, 1.82) is 0 Å². The minimum atomic E-state index is -0.219. The van der Waals surface area contributed by atoms with Gasteiger partial charge in [0.05, 0.1) is 11.2 Å². The Morgan fingerprint density at radius 2 is 2.03 bits per heavy atom. The number of anilines is 1. The van der Waals surface area contributed by atoms with E-state index in [-0.39, 0.29) is 22.8 Å². The third-order valence-corrected chi connectivity index (χ3v) is 6.60. The van der Waals surface area contributed by atoms with E-state index in [1.165, 1.54) is 6.07 Å².